The normalized spacial score (nSPS) is 10.7. The Kier molecular flexibility index (Phi) is 2.69. The topological polar surface area (TPSA) is 52.0 Å². The van der Waals surface area contributed by atoms with Gasteiger partial charge in [-0.1, -0.05) is 18.6 Å². The van der Waals surface area contributed by atoms with E-state index < -0.39 is 0 Å². The fourth-order valence-corrected chi connectivity index (χ4v) is 1.73. The van der Waals surface area contributed by atoms with Crippen molar-refractivity contribution in [2.24, 2.45) is 0 Å². The van der Waals surface area contributed by atoms with Gasteiger partial charge in [0.1, 0.15) is 5.76 Å². The minimum atomic E-state index is 0.621. The Bertz CT molecular complexity index is 515. The van der Waals surface area contributed by atoms with Crippen LogP contribution in [-0.2, 0) is 6.42 Å². The Morgan fingerprint density at radius 3 is 2.69 bits per heavy atom. The minimum Gasteiger partial charge on any atom is -0.441 e. The van der Waals surface area contributed by atoms with Crippen LogP contribution >= 0.6 is 0 Å². The summed E-state index contributed by atoms with van der Waals surface area (Å²) in [5.74, 6) is 1.55. The molecule has 0 saturated carbocycles. The van der Waals surface area contributed by atoms with Crippen molar-refractivity contribution in [2.45, 2.75) is 27.2 Å². The number of hydrogen-bond acceptors (Lipinski definition) is 3. The van der Waals surface area contributed by atoms with Crippen LogP contribution in [-0.4, -0.2) is 4.98 Å². The number of aryl methyl sites for hydroxylation is 3. The maximum atomic E-state index is 5.92. The summed E-state index contributed by atoms with van der Waals surface area (Å²) in [4.78, 5) is 4.41. The molecular formula is C13H16N2O. The zero-order valence-corrected chi connectivity index (χ0v) is 9.87. The first kappa shape index (κ1) is 10.7. The number of hydrogen-bond donors (Lipinski definition) is 1. The summed E-state index contributed by atoms with van der Waals surface area (Å²) >= 11 is 0. The molecule has 0 bridgehead atoms. The van der Waals surface area contributed by atoms with E-state index in [9.17, 15) is 0 Å². The Hall–Kier alpha value is -1.77. The minimum absolute atomic E-state index is 0.621. The number of oxazole rings is 1. The van der Waals surface area contributed by atoms with Gasteiger partial charge in [0, 0.05) is 12.1 Å². The van der Waals surface area contributed by atoms with Crippen molar-refractivity contribution in [1.82, 2.24) is 4.98 Å². The Morgan fingerprint density at radius 2 is 2.06 bits per heavy atom. The van der Waals surface area contributed by atoms with E-state index in [-0.39, 0.29) is 0 Å². The Labute approximate surface area is 95.3 Å². The first-order valence-corrected chi connectivity index (χ1v) is 5.44. The van der Waals surface area contributed by atoms with E-state index in [1.54, 1.807) is 0 Å². The van der Waals surface area contributed by atoms with E-state index in [1.165, 1.54) is 0 Å². The van der Waals surface area contributed by atoms with Gasteiger partial charge in [0.25, 0.3) is 0 Å². The fraction of sp³-hybridized carbons (Fsp3) is 0.308. The third-order valence-corrected chi connectivity index (χ3v) is 2.65. The van der Waals surface area contributed by atoms with Gasteiger partial charge in [-0.3, -0.25) is 0 Å². The van der Waals surface area contributed by atoms with Crippen LogP contribution in [0, 0.1) is 13.8 Å². The van der Waals surface area contributed by atoms with E-state index >= 15 is 0 Å². The van der Waals surface area contributed by atoms with Crippen LogP contribution in [0.25, 0.3) is 11.5 Å². The highest BCUT2D eigenvalue weighted by atomic mass is 16.4. The molecule has 3 nitrogen and oxygen atoms in total. The van der Waals surface area contributed by atoms with Gasteiger partial charge < -0.3 is 10.2 Å². The second-order valence-electron chi connectivity index (χ2n) is 3.97. The van der Waals surface area contributed by atoms with Gasteiger partial charge in [-0.15, -0.1) is 0 Å². The van der Waals surface area contributed by atoms with Crippen molar-refractivity contribution in [2.75, 3.05) is 5.73 Å². The molecule has 0 aliphatic carbocycles. The first-order chi connectivity index (χ1) is 7.61. The van der Waals surface area contributed by atoms with Crippen LogP contribution < -0.4 is 5.73 Å². The number of benzene rings is 1. The van der Waals surface area contributed by atoms with Gasteiger partial charge in [0.2, 0.25) is 5.89 Å². The average molecular weight is 216 g/mol. The van der Waals surface area contributed by atoms with Crippen LogP contribution in [0.15, 0.2) is 22.6 Å². The molecule has 0 aliphatic heterocycles. The van der Waals surface area contributed by atoms with Crippen molar-refractivity contribution < 1.29 is 4.42 Å². The Morgan fingerprint density at radius 1 is 1.31 bits per heavy atom. The number of anilines is 1. The monoisotopic (exact) mass is 216 g/mol. The van der Waals surface area contributed by atoms with Crippen LogP contribution in [0.5, 0.6) is 0 Å². The third-order valence-electron chi connectivity index (χ3n) is 2.65. The average Bonchev–Trinajstić information content (AvgIpc) is 2.63. The predicted molar refractivity (Wildman–Crippen MR) is 65.2 cm³/mol. The largest absolute Gasteiger partial charge is 0.441 e. The summed E-state index contributed by atoms with van der Waals surface area (Å²) in [5, 5.41) is 0. The molecule has 0 fully saturated rings. The molecule has 3 heteroatoms. The molecule has 0 unspecified atom stereocenters. The van der Waals surface area contributed by atoms with E-state index in [4.69, 9.17) is 10.2 Å². The van der Waals surface area contributed by atoms with E-state index in [0.29, 0.717) is 11.6 Å². The lowest BCUT2D eigenvalue weighted by Crippen LogP contribution is -1.90. The van der Waals surface area contributed by atoms with E-state index in [0.717, 1.165) is 29.0 Å². The van der Waals surface area contributed by atoms with Gasteiger partial charge >= 0.3 is 0 Å². The number of nitrogens with zero attached hydrogens (tertiary/aromatic N) is 1. The van der Waals surface area contributed by atoms with Crippen molar-refractivity contribution in [3.8, 4) is 11.5 Å². The molecule has 0 saturated heterocycles. The van der Waals surface area contributed by atoms with Crippen LogP contribution in [0.3, 0.4) is 0 Å². The molecule has 0 radical (unpaired) electrons. The van der Waals surface area contributed by atoms with Crippen molar-refractivity contribution in [3.05, 3.63) is 35.2 Å². The lowest BCUT2D eigenvalue weighted by atomic mass is 10.1. The zero-order chi connectivity index (χ0) is 11.7. The van der Waals surface area contributed by atoms with E-state index in [1.807, 2.05) is 32.0 Å². The highest BCUT2D eigenvalue weighted by Gasteiger charge is 2.12. The van der Waals surface area contributed by atoms with Gasteiger partial charge in [0.05, 0.1) is 11.3 Å². The first-order valence-electron chi connectivity index (χ1n) is 5.44. The molecule has 16 heavy (non-hydrogen) atoms. The summed E-state index contributed by atoms with van der Waals surface area (Å²) in [7, 11) is 0. The van der Waals surface area contributed by atoms with Crippen LogP contribution in [0.1, 0.15) is 23.9 Å². The molecule has 1 aromatic heterocycles. The molecule has 0 spiro atoms. The molecule has 2 aromatic rings. The second kappa shape index (κ2) is 4.00. The van der Waals surface area contributed by atoms with Gasteiger partial charge in [-0.25, -0.2) is 4.98 Å². The summed E-state index contributed by atoms with van der Waals surface area (Å²) in [6, 6.07) is 5.87. The highest BCUT2D eigenvalue weighted by Crippen LogP contribution is 2.28. The smallest absolute Gasteiger partial charge is 0.228 e. The lowest BCUT2D eigenvalue weighted by Gasteiger charge is -2.02. The summed E-state index contributed by atoms with van der Waals surface area (Å²) < 4.78 is 5.69. The quantitative estimate of drug-likeness (QED) is 0.785. The summed E-state index contributed by atoms with van der Waals surface area (Å²) in [6.07, 6.45) is 0.852. The number of nitrogens with two attached hydrogens (primary N) is 1. The standard InChI is InChI=1S/C13H16N2O/c1-4-12-9(3)15-13(16-12)10-7-8(2)5-6-11(10)14/h5-7H,4,14H2,1-3H3. The highest BCUT2D eigenvalue weighted by molar-refractivity contribution is 5.71. The van der Waals surface area contributed by atoms with E-state index in [2.05, 4.69) is 11.9 Å². The molecule has 1 aromatic carbocycles. The molecule has 2 N–H and O–H groups in total. The van der Waals surface area contributed by atoms with Crippen LogP contribution in [0.4, 0.5) is 5.69 Å². The molecule has 84 valence electrons. The number of rotatable bonds is 2. The van der Waals surface area contributed by atoms with Crippen LogP contribution in [0.2, 0.25) is 0 Å². The summed E-state index contributed by atoms with van der Waals surface area (Å²) in [5.41, 5.74) is 9.60. The molecular weight excluding hydrogens is 200 g/mol. The fourth-order valence-electron chi connectivity index (χ4n) is 1.73. The number of nitrogen functional groups attached to an aromatic ring is 1. The Balaban J connectivity index is 2.53. The molecule has 0 aliphatic rings. The molecule has 1 heterocycles. The van der Waals surface area contributed by atoms with Crippen molar-refractivity contribution in [1.29, 1.82) is 0 Å². The number of aromatic nitrogens is 1. The molecule has 0 amide bonds. The maximum absolute atomic E-state index is 5.92. The summed E-state index contributed by atoms with van der Waals surface area (Å²) in [6.45, 7) is 6.04. The maximum Gasteiger partial charge on any atom is 0.228 e. The lowest BCUT2D eigenvalue weighted by molar-refractivity contribution is 0.522. The zero-order valence-electron chi connectivity index (χ0n) is 9.87. The molecule has 2 rings (SSSR count). The van der Waals surface area contributed by atoms with Gasteiger partial charge in [-0.05, 0) is 26.0 Å². The van der Waals surface area contributed by atoms with Gasteiger partial charge in [0.15, 0.2) is 0 Å². The molecule has 0 atom stereocenters. The van der Waals surface area contributed by atoms with Crippen molar-refractivity contribution >= 4 is 5.69 Å². The second-order valence-corrected chi connectivity index (χ2v) is 3.97. The van der Waals surface area contributed by atoms with Crippen molar-refractivity contribution in [3.63, 3.8) is 0 Å². The van der Waals surface area contributed by atoms with Gasteiger partial charge in [-0.2, -0.15) is 0 Å². The SMILES string of the molecule is CCc1oc(-c2cc(C)ccc2N)nc1C. The predicted octanol–water partition coefficient (Wildman–Crippen LogP) is 3.10. The third kappa shape index (κ3) is 1.81.